The second-order valence-electron chi connectivity index (χ2n) is 7.00. The van der Waals surface area contributed by atoms with Crippen LogP contribution in [0.25, 0.3) is 0 Å². The van der Waals surface area contributed by atoms with E-state index < -0.39 is 0 Å². The van der Waals surface area contributed by atoms with Gasteiger partial charge in [-0.25, -0.2) is 0 Å². The number of aromatic nitrogens is 2. The van der Waals surface area contributed by atoms with Crippen LogP contribution < -0.4 is 0 Å². The molecule has 3 atom stereocenters. The van der Waals surface area contributed by atoms with Gasteiger partial charge in [0, 0.05) is 18.5 Å². The SMILES string of the molecule is CC(c1ccccc1)N1CC(C(=O)N2Cc3[nH]ncc3C2CO)CC1=O. The molecule has 7 nitrogen and oxygen atoms in total. The molecule has 1 aromatic heterocycles. The Kier molecular flexibility index (Phi) is 4.24. The van der Waals surface area contributed by atoms with Crippen LogP contribution in [0.1, 0.15) is 42.2 Å². The molecule has 136 valence electrons. The molecule has 0 saturated carbocycles. The van der Waals surface area contributed by atoms with Crippen molar-refractivity contribution in [2.45, 2.75) is 32.0 Å². The highest BCUT2D eigenvalue weighted by atomic mass is 16.3. The molecule has 0 radical (unpaired) electrons. The van der Waals surface area contributed by atoms with E-state index in [4.69, 9.17) is 0 Å². The first-order valence-electron chi connectivity index (χ1n) is 8.88. The fourth-order valence-corrected chi connectivity index (χ4v) is 4.03. The maximum atomic E-state index is 13.0. The van der Waals surface area contributed by atoms with Crippen molar-refractivity contribution in [1.29, 1.82) is 0 Å². The molecule has 1 saturated heterocycles. The van der Waals surface area contributed by atoms with Gasteiger partial charge in [-0.1, -0.05) is 30.3 Å². The normalized spacial score (nSPS) is 23.4. The average molecular weight is 354 g/mol. The second-order valence-corrected chi connectivity index (χ2v) is 7.00. The van der Waals surface area contributed by atoms with Crippen molar-refractivity contribution >= 4 is 11.8 Å². The number of benzene rings is 1. The van der Waals surface area contributed by atoms with E-state index in [1.807, 2.05) is 37.3 Å². The summed E-state index contributed by atoms with van der Waals surface area (Å²) in [6.45, 7) is 2.65. The van der Waals surface area contributed by atoms with Gasteiger partial charge < -0.3 is 14.9 Å². The van der Waals surface area contributed by atoms with Crippen LogP contribution in [0.5, 0.6) is 0 Å². The number of carbonyl (C=O) groups excluding carboxylic acids is 2. The van der Waals surface area contributed by atoms with Crippen LogP contribution in [0.3, 0.4) is 0 Å². The Bertz CT molecular complexity index is 819. The number of H-pyrrole nitrogens is 1. The lowest BCUT2D eigenvalue weighted by Gasteiger charge is -2.28. The van der Waals surface area contributed by atoms with E-state index in [-0.39, 0.29) is 42.8 Å². The molecule has 4 rings (SSSR count). The van der Waals surface area contributed by atoms with Crippen molar-refractivity contribution in [2.24, 2.45) is 5.92 Å². The first-order valence-corrected chi connectivity index (χ1v) is 8.88. The van der Waals surface area contributed by atoms with Gasteiger partial charge in [0.2, 0.25) is 11.8 Å². The molecule has 2 aliphatic rings. The van der Waals surface area contributed by atoms with Crippen molar-refractivity contribution in [3.05, 3.63) is 53.3 Å². The third kappa shape index (κ3) is 2.68. The number of aliphatic hydroxyl groups excluding tert-OH is 1. The first-order chi connectivity index (χ1) is 12.6. The third-order valence-electron chi connectivity index (χ3n) is 5.53. The maximum absolute atomic E-state index is 13.0. The predicted molar refractivity (Wildman–Crippen MR) is 93.6 cm³/mol. The Morgan fingerprint density at radius 2 is 2.15 bits per heavy atom. The molecule has 2 amide bonds. The number of hydrogen-bond acceptors (Lipinski definition) is 4. The number of aromatic amines is 1. The zero-order chi connectivity index (χ0) is 18.3. The molecular weight excluding hydrogens is 332 g/mol. The minimum absolute atomic E-state index is 0.000337. The van der Waals surface area contributed by atoms with Crippen molar-refractivity contribution in [2.75, 3.05) is 13.2 Å². The van der Waals surface area contributed by atoms with E-state index >= 15 is 0 Å². The maximum Gasteiger partial charge on any atom is 0.228 e. The molecule has 0 bridgehead atoms. The highest BCUT2D eigenvalue weighted by Gasteiger charge is 2.43. The van der Waals surface area contributed by atoms with E-state index in [0.29, 0.717) is 13.1 Å². The third-order valence-corrected chi connectivity index (χ3v) is 5.53. The number of aliphatic hydroxyl groups is 1. The summed E-state index contributed by atoms with van der Waals surface area (Å²) in [6.07, 6.45) is 1.88. The molecule has 7 heteroatoms. The summed E-state index contributed by atoms with van der Waals surface area (Å²) in [4.78, 5) is 29.0. The standard InChI is InChI=1S/C19H22N4O3/c1-12(13-5-3-2-4-6-13)22-9-14(7-18(22)25)19(26)23-10-16-15(8-20-21-16)17(23)11-24/h2-6,8,12,14,17,24H,7,9-11H2,1H3,(H,20,21). The van der Waals surface area contributed by atoms with Crippen LogP contribution in [0.4, 0.5) is 0 Å². The number of hydrogen-bond donors (Lipinski definition) is 2. The van der Waals surface area contributed by atoms with Gasteiger partial charge in [0.15, 0.2) is 0 Å². The van der Waals surface area contributed by atoms with Crippen LogP contribution in [-0.2, 0) is 16.1 Å². The highest BCUT2D eigenvalue weighted by molar-refractivity contribution is 5.90. The minimum atomic E-state index is -0.382. The number of nitrogens with one attached hydrogen (secondary N) is 1. The summed E-state index contributed by atoms with van der Waals surface area (Å²) in [5.41, 5.74) is 2.78. The molecule has 26 heavy (non-hydrogen) atoms. The monoisotopic (exact) mass is 354 g/mol. The number of carbonyl (C=O) groups is 2. The Labute approximate surface area is 151 Å². The largest absolute Gasteiger partial charge is 0.394 e. The number of likely N-dealkylation sites (tertiary alicyclic amines) is 1. The van der Waals surface area contributed by atoms with Crippen LogP contribution in [0.2, 0.25) is 0 Å². The quantitative estimate of drug-likeness (QED) is 0.868. The van der Waals surface area contributed by atoms with Crippen LogP contribution in [-0.4, -0.2) is 50.1 Å². The molecule has 2 N–H and O–H groups in total. The number of fused-ring (bicyclic) bond motifs is 1. The Morgan fingerprint density at radius 3 is 2.88 bits per heavy atom. The van der Waals surface area contributed by atoms with Crippen LogP contribution in [0.15, 0.2) is 36.5 Å². The lowest BCUT2D eigenvalue weighted by atomic mass is 10.1. The zero-order valence-corrected chi connectivity index (χ0v) is 14.6. The summed E-state index contributed by atoms with van der Waals surface area (Å²) < 4.78 is 0. The number of amides is 2. The van der Waals surface area contributed by atoms with Gasteiger partial charge in [0.25, 0.3) is 0 Å². The Balaban J connectivity index is 1.49. The van der Waals surface area contributed by atoms with E-state index in [0.717, 1.165) is 16.8 Å². The van der Waals surface area contributed by atoms with Gasteiger partial charge in [0.05, 0.1) is 43.0 Å². The van der Waals surface area contributed by atoms with Gasteiger partial charge in [-0.3, -0.25) is 14.7 Å². The highest BCUT2D eigenvalue weighted by Crippen LogP contribution is 2.36. The lowest BCUT2D eigenvalue weighted by molar-refractivity contribution is -0.139. The van der Waals surface area contributed by atoms with E-state index in [1.165, 1.54) is 0 Å². The molecule has 3 heterocycles. The second kappa shape index (κ2) is 6.57. The van der Waals surface area contributed by atoms with Gasteiger partial charge >= 0.3 is 0 Å². The van der Waals surface area contributed by atoms with E-state index in [1.54, 1.807) is 16.0 Å². The van der Waals surface area contributed by atoms with Crippen molar-refractivity contribution in [3.63, 3.8) is 0 Å². The predicted octanol–water partition coefficient (Wildman–Crippen LogP) is 1.40. The number of rotatable bonds is 4. The smallest absolute Gasteiger partial charge is 0.228 e. The molecule has 0 aliphatic carbocycles. The Morgan fingerprint density at radius 1 is 1.38 bits per heavy atom. The van der Waals surface area contributed by atoms with Gasteiger partial charge in [-0.15, -0.1) is 0 Å². The van der Waals surface area contributed by atoms with Gasteiger partial charge in [-0.05, 0) is 12.5 Å². The summed E-state index contributed by atoms with van der Waals surface area (Å²) in [5.74, 6) is -0.455. The van der Waals surface area contributed by atoms with Crippen LogP contribution in [0, 0.1) is 5.92 Å². The van der Waals surface area contributed by atoms with E-state index in [2.05, 4.69) is 10.2 Å². The summed E-state index contributed by atoms with van der Waals surface area (Å²) in [6, 6.07) is 9.39. The van der Waals surface area contributed by atoms with E-state index in [9.17, 15) is 14.7 Å². The molecule has 3 unspecified atom stereocenters. The van der Waals surface area contributed by atoms with Crippen LogP contribution >= 0.6 is 0 Å². The summed E-state index contributed by atoms with van der Waals surface area (Å²) in [7, 11) is 0. The molecule has 2 aliphatic heterocycles. The minimum Gasteiger partial charge on any atom is -0.394 e. The van der Waals surface area contributed by atoms with Crippen molar-refractivity contribution in [3.8, 4) is 0 Å². The average Bonchev–Trinajstić information content (AvgIpc) is 3.35. The fourth-order valence-electron chi connectivity index (χ4n) is 4.03. The van der Waals surface area contributed by atoms with Crippen molar-refractivity contribution < 1.29 is 14.7 Å². The van der Waals surface area contributed by atoms with Gasteiger partial charge in [0.1, 0.15) is 0 Å². The lowest BCUT2D eigenvalue weighted by Crippen LogP contribution is -2.38. The molecule has 1 aromatic carbocycles. The fraction of sp³-hybridized carbons (Fsp3) is 0.421. The first kappa shape index (κ1) is 16.8. The van der Waals surface area contributed by atoms with Gasteiger partial charge in [-0.2, -0.15) is 5.10 Å². The molecule has 2 aromatic rings. The topological polar surface area (TPSA) is 89.5 Å². The molecular formula is C19H22N4O3. The van der Waals surface area contributed by atoms with Crippen molar-refractivity contribution in [1.82, 2.24) is 20.0 Å². The molecule has 1 fully saturated rings. The Hall–Kier alpha value is -2.67. The molecule has 0 spiro atoms. The summed E-state index contributed by atoms with van der Waals surface area (Å²) in [5, 5.41) is 16.6. The summed E-state index contributed by atoms with van der Waals surface area (Å²) >= 11 is 0. The zero-order valence-electron chi connectivity index (χ0n) is 14.6. The number of nitrogens with zero attached hydrogens (tertiary/aromatic N) is 3.